The normalized spacial score (nSPS) is 21.4. The highest BCUT2D eigenvalue weighted by Crippen LogP contribution is 2.36. The quantitative estimate of drug-likeness (QED) is 0.138. The van der Waals surface area contributed by atoms with Crippen LogP contribution in [-0.4, -0.2) is 73.7 Å². The lowest BCUT2D eigenvalue weighted by Gasteiger charge is -2.54. The molecule has 8 nitrogen and oxygen atoms in total. The molecule has 3 N–H and O–H groups in total. The van der Waals surface area contributed by atoms with Gasteiger partial charge >= 0.3 is 0 Å². The van der Waals surface area contributed by atoms with Gasteiger partial charge in [-0.3, -0.25) is 9.69 Å². The summed E-state index contributed by atoms with van der Waals surface area (Å²) in [6.07, 6.45) is 5.43. The van der Waals surface area contributed by atoms with Crippen LogP contribution in [0.5, 0.6) is 5.75 Å². The Hall–Kier alpha value is -3.60. The van der Waals surface area contributed by atoms with Crippen molar-refractivity contribution in [3.05, 3.63) is 83.5 Å². The van der Waals surface area contributed by atoms with Crippen molar-refractivity contribution in [3.63, 3.8) is 0 Å². The molecule has 1 amide bonds. The maximum Gasteiger partial charge on any atom is 0.251 e. The van der Waals surface area contributed by atoms with Gasteiger partial charge in [0.15, 0.2) is 0 Å². The Balaban J connectivity index is 0.000000355. The number of nitrogens with zero attached hydrogens (tertiary/aromatic N) is 1. The third-order valence-corrected chi connectivity index (χ3v) is 8.83. The number of para-hydroxylation sites is 1. The van der Waals surface area contributed by atoms with Crippen LogP contribution in [0.1, 0.15) is 64.0 Å². The molecule has 0 atom stereocenters. The van der Waals surface area contributed by atoms with Crippen LogP contribution in [-0.2, 0) is 19.9 Å². The SMILES string of the molecule is C=C(/C=C(\OC)c1ccc(F)cc1F)C(=O)NC1(CC=O)CN(C2CCC(C)(O)CC2)C1.CNC(C)(C)c1ccccc1OC. The minimum atomic E-state index is -0.815. The Kier molecular flexibility index (Phi) is 12.1. The van der Waals surface area contributed by atoms with Crippen molar-refractivity contribution in [2.75, 3.05) is 34.4 Å². The molecule has 0 unspecified atom stereocenters. The Morgan fingerprint density at radius 2 is 1.80 bits per heavy atom. The van der Waals surface area contributed by atoms with Gasteiger partial charge < -0.3 is 30.0 Å². The third-order valence-electron chi connectivity index (χ3n) is 8.83. The lowest BCUT2D eigenvalue weighted by molar-refractivity contribution is -0.124. The van der Waals surface area contributed by atoms with Gasteiger partial charge in [-0.1, -0.05) is 24.8 Å². The first-order valence-electron chi connectivity index (χ1n) is 15.1. The second-order valence-electron chi connectivity index (χ2n) is 12.7. The largest absolute Gasteiger partial charge is 0.496 e. The molecule has 0 spiro atoms. The number of halogens is 2. The van der Waals surface area contributed by atoms with E-state index >= 15 is 0 Å². The first-order chi connectivity index (χ1) is 21.2. The van der Waals surface area contributed by atoms with Crippen molar-refractivity contribution in [2.24, 2.45) is 0 Å². The Labute approximate surface area is 265 Å². The van der Waals surface area contributed by atoms with Crippen LogP contribution in [0.2, 0.25) is 0 Å². The molecule has 2 aromatic rings. The summed E-state index contributed by atoms with van der Waals surface area (Å²) in [5.41, 5.74) is -0.143. The number of hydrogen-bond donors (Lipinski definition) is 3. The molecule has 45 heavy (non-hydrogen) atoms. The maximum absolute atomic E-state index is 14.1. The molecule has 0 aromatic heterocycles. The zero-order valence-electron chi connectivity index (χ0n) is 27.2. The molecule has 2 fully saturated rings. The molecule has 0 bridgehead atoms. The van der Waals surface area contributed by atoms with E-state index in [4.69, 9.17) is 9.47 Å². The summed E-state index contributed by atoms with van der Waals surface area (Å²) < 4.78 is 37.8. The van der Waals surface area contributed by atoms with E-state index in [0.717, 1.165) is 49.9 Å². The van der Waals surface area contributed by atoms with Gasteiger partial charge in [0.05, 0.1) is 30.9 Å². The van der Waals surface area contributed by atoms with Crippen molar-refractivity contribution >= 4 is 18.0 Å². The molecule has 1 saturated heterocycles. The molecule has 1 heterocycles. The number of ether oxygens (including phenoxy) is 2. The van der Waals surface area contributed by atoms with Crippen molar-refractivity contribution in [1.29, 1.82) is 0 Å². The molecule has 2 aromatic carbocycles. The highest BCUT2D eigenvalue weighted by atomic mass is 19.1. The number of rotatable bonds is 11. The third kappa shape index (κ3) is 9.22. The Bertz CT molecular complexity index is 1380. The molecule has 4 rings (SSSR count). The number of nitrogens with one attached hydrogen (secondary N) is 2. The summed E-state index contributed by atoms with van der Waals surface area (Å²) in [7, 11) is 4.97. The number of likely N-dealkylation sites (tertiary alicyclic amines) is 1. The van der Waals surface area contributed by atoms with E-state index in [9.17, 15) is 23.5 Å². The van der Waals surface area contributed by atoms with E-state index < -0.39 is 28.7 Å². The predicted octanol–water partition coefficient (Wildman–Crippen LogP) is 5.11. The van der Waals surface area contributed by atoms with Crippen molar-refractivity contribution in [2.45, 2.75) is 75.6 Å². The molecule has 0 radical (unpaired) electrons. The zero-order valence-corrected chi connectivity index (χ0v) is 27.2. The van der Waals surface area contributed by atoms with E-state index in [1.807, 2.05) is 32.2 Å². The number of carbonyl (C=O) groups is 2. The van der Waals surface area contributed by atoms with Crippen LogP contribution in [0.25, 0.3) is 5.76 Å². The second kappa shape index (κ2) is 15.1. The minimum Gasteiger partial charge on any atom is -0.496 e. The predicted molar refractivity (Wildman–Crippen MR) is 172 cm³/mol. The number of amides is 1. The number of aliphatic hydroxyl groups is 1. The maximum atomic E-state index is 14.1. The summed E-state index contributed by atoms with van der Waals surface area (Å²) in [4.78, 5) is 26.3. The summed E-state index contributed by atoms with van der Waals surface area (Å²) in [5, 5.41) is 16.3. The van der Waals surface area contributed by atoms with Crippen LogP contribution in [0.15, 0.2) is 60.7 Å². The van der Waals surface area contributed by atoms with E-state index in [0.29, 0.717) is 19.1 Å². The fourth-order valence-electron chi connectivity index (χ4n) is 5.77. The second-order valence-corrected chi connectivity index (χ2v) is 12.7. The zero-order chi connectivity index (χ0) is 33.4. The topological polar surface area (TPSA) is 100 Å². The summed E-state index contributed by atoms with van der Waals surface area (Å²) in [5.74, 6) is -1.05. The Morgan fingerprint density at radius 3 is 2.36 bits per heavy atom. The van der Waals surface area contributed by atoms with Gasteiger partial charge in [-0.2, -0.15) is 0 Å². The van der Waals surface area contributed by atoms with E-state index in [-0.39, 0.29) is 28.9 Å². The molecule has 1 aliphatic carbocycles. The number of carbonyl (C=O) groups excluding carboxylic acids is 2. The molecule has 246 valence electrons. The number of aldehydes is 1. The van der Waals surface area contributed by atoms with Gasteiger partial charge in [0.1, 0.15) is 29.4 Å². The minimum absolute atomic E-state index is 0.00783. The highest BCUT2D eigenvalue weighted by molar-refractivity contribution is 5.98. The van der Waals surface area contributed by atoms with E-state index in [2.05, 4.69) is 42.0 Å². The first kappa shape index (κ1) is 35.9. The molecule has 10 heteroatoms. The number of benzene rings is 2. The fourth-order valence-corrected chi connectivity index (χ4v) is 5.77. The smallest absolute Gasteiger partial charge is 0.251 e. The molecule has 2 aliphatic rings. The highest BCUT2D eigenvalue weighted by Gasteiger charge is 2.47. The molecule has 1 saturated carbocycles. The van der Waals surface area contributed by atoms with Gasteiger partial charge in [0, 0.05) is 48.3 Å². The van der Waals surface area contributed by atoms with Gasteiger partial charge in [0.25, 0.3) is 5.91 Å². The average Bonchev–Trinajstić information content (AvgIpc) is 2.99. The van der Waals surface area contributed by atoms with Gasteiger partial charge in [-0.25, -0.2) is 8.78 Å². The number of methoxy groups -OCH3 is 2. The van der Waals surface area contributed by atoms with Crippen LogP contribution in [0, 0.1) is 11.6 Å². The summed E-state index contributed by atoms with van der Waals surface area (Å²) in [6, 6.07) is 11.4. The molecular formula is C35H47F2N3O5. The van der Waals surface area contributed by atoms with E-state index in [1.54, 1.807) is 7.11 Å². The lowest BCUT2D eigenvalue weighted by atomic mass is 9.78. The van der Waals surface area contributed by atoms with Crippen LogP contribution in [0.4, 0.5) is 8.78 Å². The van der Waals surface area contributed by atoms with Crippen LogP contribution >= 0.6 is 0 Å². The van der Waals surface area contributed by atoms with Gasteiger partial charge in [0.2, 0.25) is 0 Å². The summed E-state index contributed by atoms with van der Waals surface area (Å²) >= 11 is 0. The number of hydrogen-bond acceptors (Lipinski definition) is 7. The van der Waals surface area contributed by atoms with Gasteiger partial charge in [-0.15, -0.1) is 0 Å². The van der Waals surface area contributed by atoms with Crippen molar-refractivity contribution in [3.8, 4) is 5.75 Å². The van der Waals surface area contributed by atoms with Crippen molar-refractivity contribution in [1.82, 2.24) is 15.5 Å². The van der Waals surface area contributed by atoms with Crippen molar-refractivity contribution < 1.29 is 33.0 Å². The fraction of sp³-hybridized carbons (Fsp3) is 0.486. The molecular weight excluding hydrogens is 580 g/mol. The lowest BCUT2D eigenvalue weighted by Crippen LogP contribution is -2.72. The average molecular weight is 628 g/mol. The van der Waals surface area contributed by atoms with Gasteiger partial charge in [-0.05, 0) is 77.8 Å². The Morgan fingerprint density at radius 1 is 1.16 bits per heavy atom. The van der Waals surface area contributed by atoms with E-state index in [1.165, 1.54) is 24.8 Å². The molecule has 1 aliphatic heterocycles. The summed E-state index contributed by atoms with van der Waals surface area (Å²) in [6.45, 7) is 10.9. The monoisotopic (exact) mass is 627 g/mol. The standard InChI is InChI=1S/C24H30F2N2O4.C11H17NO/c1-16(12-21(32-3)19-5-4-17(25)13-20(19)26)22(30)27-24(10-11-29)14-28(15-24)18-6-8-23(2,31)9-7-18;1-11(2,12-3)9-7-5-6-8-10(9)13-4/h4-5,11-13,18,31H,1,6-10,14-15H2,2-3H3,(H,27,30);5-8,12H,1-4H3/b21-12-;. The first-order valence-corrected chi connectivity index (χ1v) is 15.1. The van der Waals surface area contributed by atoms with Crippen LogP contribution in [0.3, 0.4) is 0 Å². The van der Waals surface area contributed by atoms with Crippen LogP contribution < -0.4 is 15.4 Å².